The molecule has 0 fully saturated rings. The number of anilines is 1. The Labute approximate surface area is 193 Å². The minimum atomic E-state index is -0.325. The summed E-state index contributed by atoms with van der Waals surface area (Å²) >= 11 is 0. The van der Waals surface area contributed by atoms with E-state index in [-0.39, 0.29) is 17.6 Å². The second-order valence-corrected chi connectivity index (χ2v) is 8.28. The minimum absolute atomic E-state index is 0.0982. The quantitative estimate of drug-likeness (QED) is 0.389. The van der Waals surface area contributed by atoms with Crippen molar-refractivity contribution in [3.8, 4) is 0 Å². The van der Waals surface area contributed by atoms with Gasteiger partial charge in [-0.05, 0) is 36.4 Å². The highest BCUT2D eigenvalue weighted by molar-refractivity contribution is 6.01. The van der Waals surface area contributed by atoms with Crippen molar-refractivity contribution in [2.75, 3.05) is 11.9 Å². The SMILES string of the molecule is CCCCN(C(=O)Nc1cccc2ccccc12)C(CC)c1nc2ccccc2c(=O)n1C. The second-order valence-electron chi connectivity index (χ2n) is 8.28. The van der Waals surface area contributed by atoms with Crippen molar-refractivity contribution in [1.29, 1.82) is 0 Å². The number of fused-ring (bicyclic) bond motifs is 2. The first kappa shape index (κ1) is 22.5. The van der Waals surface area contributed by atoms with Crippen molar-refractivity contribution >= 4 is 33.4 Å². The van der Waals surface area contributed by atoms with E-state index >= 15 is 0 Å². The van der Waals surface area contributed by atoms with Gasteiger partial charge >= 0.3 is 6.03 Å². The lowest BCUT2D eigenvalue weighted by Gasteiger charge is -2.32. The van der Waals surface area contributed by atoms with Crippen LogP contribution >= 0.6 is 0 Å². The average molecular weight is 443 g/mol. The van der Waals surface area contributed by atoms with Gasteiger partial charge in [-0.1, -0.05) is 68.8 Å². The molecule has 0 saturated heterocycles. The molecule has 170 valence electrons. The normalized spacial score (nSPS) is 12.1. The zero-order valence-corrected chi connectivity index (χ0v) is 19.4. The summed E-state index contributed by atoms with van der Waals surface area (Å²) in [5, 5.41) is 5.77. The number of rotatable bonds is 7. The van der Waals surface area contributed by atoms with Gasteiger partial charge in [0.05, 0.1) is 22.6 Å². The summed E-state index contributed by atoms with van der Waals surface area (Å²) < 4.78 is 1.58. The van der Waals surface area contributed by atoms with E-state index in [0.717, 1.165) is 29.3 Å². The Bertz CT molecular complexity index is 1340. The van der Waals surface area contributed by atoms with Gasteiger partial charge in [0.15, 0.2) is 0 Å². The van der Waals surface area contributed by atoms with E-state index in [1.165, 1.54) is 0 Å². The molecule has 1 atom stereocenters. The predicted molar refractivity (Wildman–Crippen MR) is 135 cm³/mol. The molecule has 0 aliphatic rings. The third-order valence-electron chi connectivity index (χ3n) is 6.12. The second kappa shape index (κ2) is 9.86. The summed E-state index contributed by atoms with van der Waals surface area (Å²) in [4.78, 5) is 33.3. The van der Waals surface area contributed by atoms with E-state index in [2.05, 4.69) is 12.2 Å². The van der Waals surface area contributed by atoms with Crippen LogP contribution in [0.5, 0.6) is 0 Å². The molecule has 4 aromatic rings. The van der Waals surface area contributed by atoms with Crippen molar-refractivity contribution in [2.24, 2.45) is 7.05 Å². The fourth-order valence-electron chi connectivity index (χ4n) is 4.32. The van der Waals surface area contributed by atoms with Crippen molar-refractivity contribution in [3.63, 3.8) is 0 Å². The third-order valence-corrected chi connectivity index (χ3v) is 6.12. The van der Waals surface area contributed by atoms with Crippen molar-refractivity contribution in [2.45, 2.75) is 39.2 Å². The van der Waals surface area contributed by atoms with Gasteiger partial charge in [-0.3, -0.25) is 9.36 Å². The molecule has 1 heterocycles. The molecular weight excluding hydrogens is 412 g/mol. The maximum atomic E-state index is 13.6. The molecule has 2 amide bonds. The number of carbonyl (C=O) groups is 1. The highest BCUT2D eigenvalue weighted by atomic mass is 16.2. The molecule has 1 unspecified atom stereocenters. The summed E-state index contributed by atoms with van der Waals surface area (Å²) in [6.07, 6.45) is 2.46. The third kappa shape index (κ3) is 4.46. The lowest BCUT2D eigenvalue weighted by Crippen LogP contribution is -2.41. The Morgan fingerprint density at radius 3 is 2.45 bits per heavy atom. The lowest BCUT2D eigenvalue weighted by molar-refractivity contribution is 0.179. The van der Waals surface area contributed by atoms with Crippen LogP contribution in [0.15, 0.2) is 71.5 Å². The van der Waals surface area contributed by atoms with Gasteiger partial charge in [0.2, 0.25) is 0 Å². The summed E-state index contributed by atoms with van der Waals surface area (Å²) in [5.41, 5.74) is 1.33. The van der Waals surface area contributed by atoms with Crippen LogP contribution in [0.25, 0.3) is 21.7 Å². The van der Waals surface area contributed by atoms with Crippen LogP contribution < -0.4 is 10.9 Å². The molecule has 0 radical (unpaired) electrons. The number of nitrogens with one attached hydrogen (secondary N) is 1. The standard InChI is InChI=1S/C27H30N4O2/c1-4-6-18-31(27(33)29-22-17-11-13-19-12-7-8-14-20(19)22)24(5-2)25-28-23-16-10-9-15-21(23)26(32)30(25)3/h7-17,24H,4-6,18H2,1-3H3,(H,29,33). The number of hydrogen-bond acceptors (Lipinski definition) is 3. The smallest absolute Gasteiger partial charge is 0.314 e. The van der Waals surface area contributed by atoms with Gasteiger partial charge < -0.3 is 10.2 Å². The van der Waals surface area contributed by atoms with E-state index in [4.69, 9.17) is 4.98 Å². The summed E-state index contributed by atoms with van der Waals surface area (Å²) in [6, 6.07) is 20.7. The Balaban J connectivity index is 1.74. The van der Waals surface area contributed by atoms with Gasteiger partial charge in [-0.25, -0.2) is 9.78 Å². The molecule has 6 heteroatoms. The minimum Gasteiger partial charge on any atom is -0.314 e. The van der Waals surface area contributed by atoms with Crippen molar-refractivity contribution < 1.29 is 4.79 Å². The average Bonchev–Trinajstić information content (AvgIpc) is 2.84. The van der Waals surface area contributed by atoms with Crippen LogP contribution in [0.3, 0.4) is 0 Å². The van der Waals surface area contributed by atoms with Crippen LogP contribution in [-0.4, -0.2) is 27.0 Å². The first-order chi connectivity index (χ1) is 16.0. The maximum Gasteiger partial charge on any atom is 0.322 e. The molecule has 1 aromatic heterocycles. The lowest BCUT2D eigenvalue weighted by atomic mass is 10.1. The number of benzene rings is 3. The largest absolute Gasteiger partial charge is 0.322 e. The first-order valence-corrected chi connectivity index (χ1v) is 11.6. The maximum absolute atomic E-state index is 13.6. The van der Waals surface area contributed by atoms with Crippen LogP contribution in [0, 0.1) is 0 Å². The highest BCUT2D eigenvalue weighted by Crippen LogP contribution is 2.27. The monoisotopic (exact) mass is 442 g/mol. The Morgan fingerprint density at radius 1 is 1.00 bits per heavy atom. The molecule has 0 aliphatic carbocycles. The molecule has 0 spiro atoms. The molecule has 4 rings (SSSR count). The molecule has 0 aliphatic heterocycles. The molecular formula is C27H30N4O2. The zero-order valence-electron chi connectivity index (χ0n) is 19.4. The van der Waals surface area contributed by atoms with E-state index in [1.54, 1.807) is 17.7 Å². The Morgan fingerprint density at radius 2 is 1.70 bits per heavy atom. The number of para-hydroxylation sites is 1. The number of amides is 2. The number of aromatic nitrogens is 2. The van der Waals surface area contributed by atoms with Gasteiger partial charge in [0, 0.05) is 19.0 Å². The predicted octanol–water partition coefficient (Wildman–Crippen LogP) is 5.87. The van der Waals surface area contributed by atoms with E-state index in [0.29, 0.717) is 29.7 Å². The molecule has 0 saturated carbocycles. The number of carbonyl (C=O) groups excluding carboxylic acids is 1. The Hall–Kier alpha value is -3.67. The highest BCUT2D eigenvalue weighted by Gasteiger charge is 2.27. The molecule has 3 aromatic carbocycles. The summed E-state index contributed by atoms with van der Waals surface area (Å²) in [7, 11) is 1.74. The molecule has 1 N–H and O–H groups in total. The topological polar surface area (TPSA) is 67.2 Å². The molecule has 0 bridgehead atoms. The van der Waals surface area contributed by atoms with Gasteiger partial charge in [0.25, 0.3) is 5.56 Å². The van der Waals surface area contributed by atoms with Gasteiger partial charge in [0.1, 0.15) is 5.82 Å². The molecule has 6 nitrogen and oxygen atoms in total. The van der Waals surface area contributed by atoms with Crippen LogP contribution in [0.2, 0.25) is 0 Å². The van der Waals surface area contributed by atoms with Crippen molar-refractivity contribution in [1.82, 2.24) is 14.5 Å². The van der Waals surface area contributed by atoms with Gasteiger partial charge in [-0.2, -0.15) is 0 Å². The first-order valence-electron chi connectivity index (χ1n) is 11.6. The van der Waals surface area contributed by atoms with E-state index in [1.807, 2.05) is 72.5 Å². The Kier molecular flexibility index (Phi) is 6.73. The van der Waals surface area contributed by atoms with E-state index in [9.17, 15) is 9.59 Å². The summed E-state index contributed by atoms with van der Waals surface area (Å²) in [5.74, 6) is 0.602. The van der Waals surface area contributed by atoms with Crippen LogP contribution in [-0.2, 0) is 7.05 Å². The summed E-state index contributed by atoms with van der Waals surface area (Å²) in [6.45, 7) is 4.70. The fourth-order valence-corrected chi connectivity index (χ4v) is 4.32. The number of nitrogens with zero attached hydrogens (tertiary/aromatic N) is 3. The van der Waals surface area contributed by atoms with E-state index < -0.39 is 0 Å². The molecule has 33 heavy (non-hydrogen) atoms. The van der Waals surface area contributed by atoms with Crippen LogP contribution in [0.1, 0.15) is 45.0 Å². The number of unbranched alkanes of at least 4 members (excludes halogenated alkanes) is 1. The zero-order chi connectivity index (χ0) is 23.4. The van der Waals surface area contributed by atoms with Gasteiger partial charge in [-0.15, -0.1) is 0 Å². The van der Waals surface area contributed by atoms with Crippen molar-refractivity contribution in [3.05, 3.63) is 82.9 Å². The fraction of sp³-hybridized carbons (Fsp3) is 0.296. The van der Waals surface area contributed by atoms with Crippen LogP contribution in [0.4, 0.5) is 10.5 Å². The number of urea groups is 1. The number of hydrogen-bond donors (Lipinski definition) is 1.